The van der Waals surface area contributed by atoms with Crippen molar-refractivity contribution in [3.05, 3.63) is 60.1 Å². The predicted molar refractivity (Wildman–Crippen MR) is 98.5 cm³/mol. The average Bonchev–Trinajstić information content (AvgIpc) is 3.14. The van der Waals surface area contributed by atoms with Crippen LogP contribution in [0.3, 0.4) is 0 Å². The average molecular weight is 369 g/mol. The van der Waals surface area contributed by atoms with Crippen LogP contribution in [0.15, 0.2) is 59.2 Å². The zero-order valence-corrected chi connectivity index (χ0v) is 14.3. The second-order valence-corrected chi connectivity index (χ2v) is 7.46. The van der Waals surface area contributed by atoms with Crippen molar-refractivity contribution in [2.75, 3.05) is 11.4 Å². The SMILES string of the molecule is N=C1C(c2nc3ccccc3[nH]2)=C(O)CN1c1ccc(S(N)(=O)=O)cc1. The molecule has 5 N–H and O–H groups in total. The van der Waals surface area contributed by atoms with Crippen LogP contribution in [0.1, 0.15) is 5.82 Å². The first-order valence-corrected chi connectivity index (χ1v) is 9.26. The lowest BCUT2D eigenvalue weighted by Gasteiger charge is -2.18. The first-order valence-electron chi connectivity index (χ1n) is 7.71. The molecule has 132 valence electrons. The van der Waals surface area contributed by atoms with Gasteiger partial charge in [0.2, 0.25) is 10.0 Å². The fourth-order valence-electron chi connectivity index (χ4n) is 2.94. The Morgan fingerprint density at radius 1 is 1.15 bits per heavy atom. The number of aliphatic hydroxyl groups excluding tert-OH is 1. The van der Waals surface area contributed by atoms with Crippen LogP contribution in [-0.2, 0) is 10.0 Å². The van der Waals surface area contributed by atoms with Gasteiger partial charge in [0.05, 0.1) is 28.0 Å². The maximum absolute atomic E-state index is 11.4. The summed E-state index contributed by atoms with van der Waals surface area (Å²) in [5, 5.41) is 23.9. The molecule has 8 nitrogen and oxygen atoms in total. The van der Waals surface area contributed by atoms with Crippen molar-refractivity contribution in [1.29, 1.82) is 5.41 Å². The second kappa shape index (κ2) is 5.68. The molecule has 0 atom stereocenters. The Balaban J connectivity index is 1.68. The molecule has 0 aliphatic carbocycles. The number of nitrogens with zero attached hydrogens (tertiary/aromatic N) is 2. The molecule has 26 heavy (non-hydrogen) atoms. The number of amidine groups is 1. The Hall–Kier alpha value is -3.17. The highest BCUT2D eigenvalue weighted by molar-refractivity contribution is 7.89. The summed E-state index contributed by atoms with van der Waals surface area (Å²) in [6.07, 6.45) is 0. The molecule has 3 aromatic rings. The minimum atomic E-state index is -3.78. The molecule has 9 heteroatoms. The summed E-state index contributed by atoms with van der Waals surface area (Å²) in [5.74, 6) is 0.506. The van der Waals surface area contributed by atoms with E-state index in [1.807, 2.05) is 24.3 Å². The number of anilines is 1. The van der Waals surface area contributed by atoms with E-state index in [-0.39, 0.29) is 23.0 Å². The number of hydrogen-bond donors (Lipinski definition) is 4. The Labute approximate surface area is 149 Å². The quantitative estimate of drug-likeness (QED) is 0.559. The fourth-order valence-corrected chi connectivity index (χ4v) is 3.45. The van der Waals surface area contributed by atoms with Crippen molar-refractivity contribution >= 4 is 38.2 Å². The van der Waals surface area contributed by atoms with Crippen molar-refractivity contribution < 1.29 is 13.5 Å². The normalized spacial score (nSPS) is 15.3. The Morgan fingerprint density at radius 3 is 2.50 bits per heavy atom. The summed E-state index contributed by atoms with van der Waals surface area (Å²) in [5.41, 5.74) is 2.44. The third kappa shape index (κ3) is 2.63. The molecule has 2 aromatic carbocycles. The molecule has 0 fully saturated rings. The van der Waals surface area contributed by atoms with Gasteiger partial charge >= 0.3 is 0 Å². The van der Waals surface area contributed by atoms with Gasteiger partial charge in [-0.1, -0.05) is 12.1 Å². The Kier molecular flexibility index (Phi) is 3.56. The van der Waals surface area contributed by atoms with Crippen LogP contribution in [0.2, 0.25) is 0 Å². The maximum Gasteiger partial charge on any atom is 0.238 e. The number of primary sulfonamides is 1. The number of imidazole rings is 1. The van der Waals surface area contributed by atoms with Gasteiger partial charge in [-0.3, -0.25) is 5.41 Å². The van der Waals surface area contributed by atoms with E-state index in [1.165, 1.54) is 12.1 Å². The molecular formula is C17H15N5O3S. The number of H-pyrrole nitrogens is 1. The van der Waals surface area contributed by atoms with E-state index < -0.39 is 10.0 Å². The molecule has 1 aromatic heterocycles. The van der Waals surface area contributed by atoms with Crippen LogP contribution in [-0.4, -0.2) is 35.9 Å². The third-order valence-electron chi connectivity index (χ3n) is 4.21. The molecule has 2 heterocycles. The summed E-state index contributed by atoms with van der Waals surface area (Å²) >= 11 is 0. The summed E-state index contributed by atoms with van der Waals surface area (Å²) in [7, 11) is -3.78. The van der Waals surface area contributed by atoms with Crippen LogP contribution in [0, 0.1) is 5.41 Å². The van der Waals surface area contributed by atoms with Gasteiger partial charge in [0, 0.05) is 5.69 Å². The van der Waals surface area contributed by atoms with Gasteiger partial charge in [0.25, 0.3) is 0 Å². The lowest BCUT2D eigenvalue weighted by Crippen LogP contribution is -2.26. The number of rotatable bonds is 3. The van der Waals surface area contributed by atoms with Crippen LogP contribution in [0.5, 0.6) is 0 Å². The van der Waals surface area contributed by atoms with Gasteiger partial charge in [0.1, 0.15) is 17.4 Å². The van der Waals surface area contributed by atoms with Crippen LogP contribution in [0.25, 0.3) is 16.6 Å². The number of fused-ring (bicyclic) bond motifs is 1. The predicted octanol–water partition coefficient (Wildman–Crippen LogP) is 1.98. The number of para-hydroxylation sites is 2. The minimum Gasteiger partial charge on any atom is -0.509 e. The Morgan fingerprint density at radius 2 is 1.85 bits per heavy atom. The van der Waals surface area contributed by atoms with Gasteiger partial charge in [-0.05, 0) is 36.4 Å². The number of hydrogen-bond acceptors (Lipinski definition) is 5. The van der Waals surface area contributed by atoms with Crippen molar-refractivity contribution in [3.63, 3.8) is 0 Å². The van der Waals surface area contributed by atoms with Crippen LogP contribution < -0.4 is 10.0 Å². The van der Waals surface area contributed by atoms with Crippen LogP contribution in [0.4, 0.5) is 5.69 Å². The standard InChI is InChI=1S/C17H15N5O3S/c18-16-15(17-20-12-3-1-2-4-13(12)21-17)14(23)9-22(16)10-5-7-11(8-6-10)26(19,24)25/h1-8,18,23H,9H2,(H,20,21)(H2,19,24,25). The van der Waals surface area contributed by atoms with Crippen molar-refractivity contribution in [2.24, 2.45) is 5.14 Å². The van der Waals surface area contributed by atoms with E-state index in [4.69, 9.17) is 10.5 Å². The van der Waals surface area contributed by atoms with Gasteiger partial charge in [-0.15, -0.1) is 0 Å². The van der Waals surface area contributed by atoms with Gasteiger partial charge in [-0.25, -0.2) is 18.5 Å². The van der Waals surface area contributed by atoms with E-state index in [2.05, 4.69) is 9.97 Å². The summed E-state index contributed by atoms with van der Waals surface area (Å²) in [6.45, 7) is 0.0972. The summed E-state index contributed by atoms with van der Waals surface area (Å²) in [4.78, 5) is 9.09. The highest BCUT2D eigenvalue weighted by Crippen LogP contribution is 2.31. The zero-order chi connectivity index (χ0) is 18.5. The van der Waals surface area contributed by atoms with E-state index in [0.717, 1.165) is 11.0 Å². The smallest absolute Gasteiger partial charge is 0.238 e. The van der Waals surface area contributed by atoms with Gasteiger partial charge in [-0.2, -0.15) is 0 Å². The molecule has 0 unspecified atom stereocenters. The fraction of sp³-hybridized carbons (Fsp3) is 0.0588. The van der Waals surface area contributed by atoms with Crippen molar-refractivity contribution in [3.8, 4) is 0 Å². The molecule has 1 aliphatic rings. The maximum atomic E-state index is 11.4. The molecule has 0 amide bonds. The molecule has 0 spiro atoms. The lowest BCUT2D eigenvalue weighted by molar-refractivity contribution is 0.411. The molecule has 0 saturated carbocycles. The minimum absolute atomic E-state index is 0.0123. The van der Waals surface area contributed by atoms with Crippen molar-refractivity contribution in [1.82, 2.24) is 9.97 Å². The molecule has 1 aliphatic heterocycles. The van der Waals surface area contributed by atoms with E-state index in [0.29, 0.717) is 17.1 Å². The molecular weight excluding hydrogens is 354 g/mol. The first kappa shape index (κ1) is 16.3. The first-order chi connectivity index (χ1) is 12.3. The summed E-state index contributed by atoms with van der Waals surface area (Å²) in [6, 6.07) is 13.3. The molecule has 0 bridgehead atoms. The largest absolute Gasteiger partial charge is 0.509 e. The third-order valence-corrected chi connectivity index (χ3v) is 5.14. The molecule has 0 saturated heterocycles. The lowest BCUT2D eigenvalue weighted by atomic mass is 10.2. The van der Waals surface area contributed by atoms with Crippen molar-refractivity contribution in [2.45, 2.75) is 4.90 Å². The highest BCUT2D eigenvalue weighted by Gasteiger charge is 2.31. The number of nitrogens with one attached hydrogen (secondary N) is 2. The zero-order valence-electron chi connectivity index (χ0n) is 13.5. The van der Waals surface area contributed by atoms with Gasteiger partial charge < -0.3 is 15.0 Å². The number of sulfonamides is 1. The van der Waals surface area contributed by atoms with E-state index >= 15 is 0 Å². The number of nitrogens with two attached hydrogens (primary N) is 1. The number of aliphatic hydroxyl groups is 1. The topological polar surface area (TPSA) is 136 Å². The molecule has 4 rings (SSSR count). The summed E-state index contributed by atoms with van der Waals surface area (Å²) < 4.78 is 22.7. The number of aromatic nitrogens is 2. The highest BCUT2D eigenvalue weighted by atomic mass is 32.2. The Bertz CT molecular complexity index is 1130. The van der Waals surface area contributed by atoms with Crippen LogP contribution >= 0.6 is 0 Å². The monoisotopic (exact) mass is 369 g/mol. The van der Waals surface area contributed by atoms with Gasteiger partial charge in [0.15, 0.2) is 0 Å². The van der Waals surface area contributed by atoms with E-state index in [1.54, 1.807) is 17.0 Å². The van der Waals surface area contributed by atoms with E-state index in [9.17, 15) is 13.5 Å². The molecule has 0 radical (unpaired) electrons. The second-order valence-electron chi connectivity index (χ2n) is 5.90. The number of aromatic amines is 1. The number of benzene rings is 2.